The molecule has 0 saturated heterocycles. The molecule has 1 atom stereocenters. The van der Waals surface area contributed by atoms with Gasteiger partial charge in [-0.2, -0.15) is 13.2 Å². The molecule has 0 amide bonds. The molecule has 0 aliphatic rings. The van der Waals surface area contributed by atoms with Crippen molar-refractivity contribution in [1.29, 1.82) is 0 Å². The van der Waals surface area contributed by atoms with Gasteiger partial charge in [0.05, 0.1) is 0 Å². The van der Waals surface area contributed by atoms with E-state index in [0.717, 1.165) is 5.56 Å². The number of hydrogen-bond acceptors (Lipinski definition) is 2. The third kappa shape index (κ3) is 2.30. The van der Waals surface area contributed by atoms with E-state index in [4.69, 9.17) is 5.73 Å². The van der Waals surface area contributed by atoms with Crippen LogP contribution in [0.5, 0.6) is 0 Å². The Kier molecular flexibility index (Phi) is 3.55. The van der Waals surface area contributed by atoms with Gasteiger partial charge in [0, 0.05) is 6.54 Å². The second-order valence-corrected chi connectivity index (χ2v) is 4.31. The summed E-state index contributed by atoms with van der Waals surface area (Å²) in [6.45, 7) is 4.15. The van der Waals surface area contributed by atoms with Crippen molar-refractivity contribution < 1.29 is 18.3 Å². The van der Waals surface area contributed by atoms with E-state index in [1.54, 1.807) is 19.9 Å². The number of benzene rings is 1. The van der Waals surface area contributed by atoms with E-state index in [1.807, 2.05) is 0 Å². The zero-order valence-corrected chi connectivity index (χ0v) is 10.0. The SMILES string of the molecule is Cc1cc(C)c(C(O)(CN)C(F)(F)F)cc1C. The third-order valence-electron chi connectivity index (χ3n) is 3.05. The molecule has 0 aliphatic carbocycles. The van der Waals surface area contributed by atoms with E-state index < -0.39 is 18.3 Å². The number of rotatable bonds is 2. The van der Waals surface area contributed by atoms with Crippen LogP contribution in [0.15, 0.2) is 12.1 Å². The van der Waals surface area contributed by atoms with Crippen LogP contribution in [0, 0.1) is 20.8 Å². The Hall–Kier alpha value is -1.07. The summed E-state index contributed by atoms with van der Waals surface area (Å²) in [5, 5.41) is 9.77. The zero-order valence-electron chi connectivity index (χ0n) is 10.0. The van der Waals surface area contributed by atoms with Crippen molar-refractivity contribution in [2.75, 3.05) is 6.54 Å². The molecule has 3 N–H and O–H groups in total. The Bertz CT molecular complexity index is 428. The van der Waals surface area contributed by atoms with Gasteiger partial charge >= 0.3 is 6.18 Å². The molecule has 0 saturated carbocycles. The van der Waals surface area contributed by atoms with Crippen LogP contribution in [0.4, 0.5) is 13.2 Å². The van der Waals surface area contributed by atoms with Crippen LogP contribution >= 0.6 is 0 Å². The fraction of sp³-hybridized carbons (Fsp3) is 0.500. The highest BCUT2D eigenvalue weighted by atomic mass is 19.4. The van der Waals surface area contributed by atoms with Crippen molar-refractivity contribution in [1.82, 2.24) is 0 Å². The van der Waals surface area contributed by atoms with Crippen LogP contribution in [0.2, 0.25) is 0 Å². The van der Waals surface area contributed by atoms with Gasteiger partial charge in [0.15, 0.2) is 5.60 Å². The summed E-state index contributed by atoms with van der Waals surface area (Å²) in [5.41, 5.74) is 3.93. The quantitative estimate of drug-likeness (QED) is 0.842. The first kappa shape index (κ1) is 14.0. The summed E-state index contributed by atoms with van der Waals surface area (Å²) in [7, 11) is 0. The molecule has 1 unspecified atom stereocenters. The molecule has 2 nitrogen and oxygen atoms in total. The van der Waals surface area contributed by atoms with Gasteiger partial charge in [-0.05, 0) is 43.0 Å². The second-order valence-electron chi connectivity index (χ2n) is 4.31. The molecule has 0 bridgehead atoms. The molecule has 96 valence electrons. The van der Waals surface area contributed by atoms with Crippen molar-refractivity contribution in [3.63, 3.8) is 0 Å². The maximum absolute atomic E-state index is 12.9. The van der Waals surface area contributed by atoms with Gasteiger partial charge in [-0.15, -0.1) is 0 Å². The first-order valence-corrected chi connectivity index (χ1v) is 5.21. The van der Waals surface area contributed by atoms with Crippen LogP contribution in [-0.2, 0) is 5.60 Å². The summed E-state index contributed by atoms with van der Waals surface area (Å²) in [4.78, 5) is 0. The summed E-state index contributed by atoms with van der Waals surface area (Å²) in [6.07, 6.45) is -4.78. The molecule has 0 fully saturated rings. The van der Waals surface area contributed by atoms with E-state index in [0.29, 0.717) is 11.1 Å². The average Bonchev–Trinajstić information content (AvgIpc) is 2.20. The van der Waals surface area contributed by atoms with Crippen LogP contribution in [0.3, 0.4) is 0 Å². The molecule has 0 aliphatic heterocycles. The van der Waals surface area contributed by atoms with E-state index in [9.17, 15) is 18.3 Å². The lowest BCUT2D eigenvalue weighted by atomic mass is 9.87. The highest BCUT2D eigenvalue weighted by Gasteiger charge is 2.54. The fourth-order valence-electron chi connectivity index (χ4n) is 1.78. The van der Waals surface area contributed by atoms with Crippen LogP contribution in [-0.4, -0.2) is 17.8 Å². The van der Waals surface area contributed by atoms with E-state index >= 15 is 0 Å². The lowest BCUT2D eigenvalue weighted by molar-refractivity contribution is -0.262. The van der Waals surface area contributed by atoms with Crippen molar-refractivity contribution in [3.8, 4) is 0 Å². The normalized spacial score (nSPS) is 15.8. The molecule has 1 aromatic rings. The summed E-state index contributed by atoms with van der Waals surface area (Å²) in [5.74, 6) is 0. The minimum absolute atomic E-state index is 0.171. The molecular formula is C12H16F3NO. The molecule has 0 spiro atoms. The van der Waals surface area contributed by atoms with Gasteiger partial charge in [0.25, 0.3) is 0 Å². The number of aliphatic hydroxyl groups is 1. The van der Waals surface area contributed by atoms with E-state index in [-0.39, 0.29) is 5.56 Å². The zero-order chi connectivity index (χ0) is 13.4. The largest absolute Gasteiger partial charge is 0.422 e. The summed E-state index contributed by atoms with van der Waals surface area (Å²) in [6, 6.07) is 2.97. The van der Waals surface area contributed by atoms with Crippen LogP contribution in [0.25, 0.3) is 0 Å². The van der Waals surface area contributed by atoms with E-state index in [1.165, 1.54) is 13.0 Å². The fourth-order valence-corrected chi connectivity index (χ4v) is 1.78. The minimum atomic E-state index is -4.78. The van der Waals surface area contributed by atoms with E-state index in [2.05, 4.69) is 0 Å². The van der Waals surface area contributed by atoms with Crippen LogP contribution in [0.1, 0.15) is 22.3 Å². The molecule has 1 aromatic carbocycles. The molecule has 17 heavy (non-hydrogen) atoms. The first-order valence-electron chi connectivity index (χ1n) is 5.21. The van der Waals surface area contributed by atoms with Crippen LogP contribution < -0.4 is 5.73 Å². The Morgan fingerprint density at radius 3 is 1.94 bits per heavy atom. The van der Waals surface area contributed by atoms with Gasteiger partial charge < -0.3 is 10.8 Å². The molecular weight excluding hydrogens is 231 g/mol. The molecule has 5 heteroatoms. The molecule has 0 heterocycles. The van der Waals surface area contributed by atoms with Crippen molar-refractivity contribution in [3.05, 3.63) is 34.4 Å². The Labute approximate surface area is 98.3 Å². The van der Waals surface area contributed by atoms with Gasteiger partial charge in [-0.1, -0.05) is 12.1 Å². The molecule has 0 radical (unpaired) electrons. The topological polar surface area (TPSA) is 46.2 Å². The summed E-state index contributed by atoms with van der Waals surface area (Å²) >= 11 is 0. The second kappa shape index (κ2) is 4.31. The molecule has 0 aromatic heterocycles. The Morgan fingerprint density at radius 1 is 1.06 bits per heavy atom. The highest BCUT2D eigenvalue weighted by molar-refractivity contribution is 5.40. The lowest BCUT2D eigenvalue weighted by Crippen LogP contribution is -2.48. The Balaban J connectivity index is 3.46. The molecule has 1 rings (SSSR count). The predicted molar refractivity (Wildman–Crippen MR) is 59.7 cm³/mol. The van der Waals surface area contributed by atoms with Gasteiger partial charge in [0.1, 0.15) is 0 Å². The van der Waals surface area contributed by atoms with Gasteiger partial charge in [0.2, 0.25) is 0 Å². The number of hydrogen-bond donors (Lipinski definition) is 2. The Morgan fingerprint density at radius 2 is 1.53 bits per heavy atom. The smallest absolute Gasteiger partial charge is 0.375 e. The first-order chi connectivity index (χ1) is 7.63. The van der Waals surface area contributed by atoms with Gasteiger partial charge in [-0.3, -0.25) is 0 Å². The third-order valence-corrected chi connectivity index (χ3v) is 3.05. The number of aryl methyl sites for hydroxylation is 3. The number of alkyl halides is 3. The van der Waals surface area contributed by atoms with Crippen molar-refractivity contribution >= 4 is 0 Å². The average molecular weight is 247 g/mol. The minimum Gasteiger partial charge on any atom is -0.375 e. The van der Waals surface area contributed by atoms with Crippen molar-refractivity contribution in [2.45, 2.75) is 32.5 Å². The monoisotopic (exact) mass is 247 g/mol. The lowest BCUT2D eigenvalue weighted by Gasteiger charge is -2.31. The standard InChI is InChI=1S/C12H16F3NO/c1-7-4-9(3)10(5-8(7)2)11(17,6-16)12(13,14)15/h4-5,17H,6,16H2,1-3H3. The number of halogens is 3. The number of nitrogens with two attached hydrogens (primary N) is 1. The predicted octanol–water partition coefficient (Wildman–Crippen LogP) is 2.32. The highest BCUT2D eigenvalue weighted by Crippen LogP contribution is 2.40. The van der Waals surface area contributed by atoms with Crippen molar-refractivity contribution in [2.24, 2.45) is 5.73 Å². The summed E-state index contributed by atoms with van der Waals surface area (Å²) < 4.78 is 38.6. The maximum atomic E-state index is 12.9. The maximum Gasteiger partial charge on any atom is 0.422 e. The van der Waals surface area contributed by atoms with Gasteiger partial charge in [-0.25, -0.2) is 0 Å².